The summed E-state index contributed by atoms with van der Waals surface area (Å²) >= 11 is 0. The van der Waals surface area contributed by atoms with Gasteiger partial charge in [0.05, 0.1) is 13.7 Å². The number of aryl methyl sites for hydroxylation is 1. The van der Waals surface area contributed by atoms with E-state index in [9.17, 15) is 4.79 Å². The number of rotatable bonds is 11. The Morgan fingerprint density at radius 3 is 2.66 bits per heavy atom. The van der Waals surface area contributed by atoms with Gasteiger partial charge >= 0.3 is 0 Å². The zero-order valence-corrected chi connectivity index (χ0v) is 18.1. The number of likely N-dealkylation sites (tertiary alicyclic amines) is 1. The molecule has 1 aliphatic rings. The largest absolute Gasteiger partial charge is 0.493 e. The van der Waals surface area contributed by atoms with Gasteiger partial charge in [0.25, 0.3) is 0 Å². The van der Waals surface area contributed by atoms with Crippen LogP contribution in [0.25, 0.3) is 0 Å². The average molecular weight is 405 g/mol. The molecule has 0 saturated carbocycles. The van der Waals surface area contributed by atoms with E-state index in [1.165, 1.54) is 5.56 Å². The molecular formula is C22H36N4O3. The minimum absolute atomic E-state index is 0.232. The molecular weight excluding hydrogens is 368 g/mol. The molecule has 0 aromatic heterocycles. The number of methoxy groups -OCH3 is 1. The first kappa shape index (κ1) is 22.8. The number of hydrogen-bond donors (Lipinski definition) is 2. The molecule has 1 aliphatic heterocycles. The molecule has 2 N–H and O–H groups in total. The van der Waals surface area contributed by atoms with Gasteiger partial charge in [0.2, 0.25) is 5.91 Å². The van der Waals surface area contributed by atoms with E-state index in [0.717, 1.165) is 62.8 Å². The van der Waals surface area contributed by atoms with Crippen LogP contribution in [0.3, 0.4) is 0 Å². The smallest absolute Gasteiger partial charge is 0.224 e. The first-order chi connectivity index (χ1) is 14.2. The highest BCUT2D eigenvalue weighted by atomic mass is 16.5. The lowest BCUT2D eigenvalue weighted by molar-refractivity contribution is -0.129. The van der Waals surface area contributed by atoms with Crippen molar-refractivity contribution in [2.75, 3.05) is 46.4 Å². The van der Waals surface area contributed by atoms with Crippen molar-refractivity contribution in [3.63, 3.8) is 0 Å². The topological polar surface area (TPSA) is 75.2 Å². The van der Waals surface area contributed by atoms with Crippen molar-refractivity contribution >= 4 is 11.9 Å². The average Bonchev–Trinajstić information content (AvgIpc) is 3.26. The fraction of sp³-hybridized carbons (Fsp3) is 0.636. The van der Waals surface area contributed by atoms with E-state index in [-0.39, 0.29) is 5.91 Å². The van der Waals surface area contributed by atoms with E-state index >= 15 is 0 Å². The molecule has 1 fully saturated rings. The highest BCUT2D eigenvalue weighted by Crippen LogP contribution is 2.28. The van der Waals surface area contributed by atoms with Crippen LogP contribution in [0.5, 0.6) is 11.5 Å². The van der Waals surface area contributed by atoms with Gasteiger partial charge in [0.15, 0.2) is 17.5 Å². The van der Waals surface area contributed by atoms with Crippen molar-refractivity contribution in [1.82, 2.24) is 15.5 Å². The maximum Gasteiger partial charge on any atom is 0.224 e. The van der Waals surface area contributed by atoms with Crippen LogP contribution >= 0.6 is 0 Å². The summed E-state index contributed by atoms with van der Waals surface area (Å²) < 4.78 is 11.0. The third-order valence-corrected chi connectivity index (χ3v) is 4.86. The summed E-state index contributed by atoms with van der Waals surface area (Å²) in [6.45, 7) is 8.55. The lowest BCUT2D eigenvalue weighted by Crippen LogP contribution is -2.39. The minimum atomic E-state index is 0.232. The van der Waals surface area contributed by atoms with Crippen LogP contribution in [-0.2, 0) is 11.2 Å². The Morgan fingerprint density at radius 2 is 1.97 bits per heavy atom. The van der Waals surface area contributed by atoms with Crippen LogP contribution in [-0.4, -0.2) is 63.2 Å². The number of benzene rings is 1. The summed E-state index contributed by atoms with van der Waals surface area (Å²) in [4.78, 5) is 18.7. The maximum absolute atomic E-state index is 12.1. The van der Waals surface area contributed by atoms with E-state index in [1.54, 1.807) is 7.11 Å². The molecule has 1 aromatic rings. The summed E-state index contributed by atoms with van der Waals surface area (Å²) in [5.41, 5.74) is 1.21. The standard InChI is InChI=1S/C22H36N4O3/c1-4-23-22(25-14-12-21(27)26-15-6-7-16-26)24-13-8-9-18-10-11-19(28-3)20(17-18)29-5-2/h10-11,17H,4-9,12-16H2,1-3H3,(H2,23,24,25). The van der Waals surface area contributed by atoms with Crippen LogP contribution in [0.1, 0.15) is 45.1 Å². The third kappa shape index (κ3) is 7.83. The van der Waals surface area contributed by atoms with E-state index in [1.807, 2.05) is 30.9 Å². The van der Waals surface area contributed by atoms with Gasteiger partial charge in [-0.3, -0.25) is 9.79 Å². The molecule has 2 rings (SSSR count). The second kappa shape index (κ2) is 12.9. The second-order valence-corrected chi connectivity index (χ2v) is 7.05. The molecule has 0 radical (unpaired) electrons. The van der Waals surface area contributed by atoms with Crippen molar-refractivity contribution in [2.24, 2.45) is 4.99 Å². The van der Waals surface area contributed by atoms with Crippen molar-refractivity contribution in [2.45, 2.75) is 46.0 Å². The Labute approximate surface area is 174 Å². The Hall–Kier alpha value is -2.44. The number of amides is 1. The lowest BCUT2D eigenvalue weighted by Gasteiger charge is -2.16. The van der Waals surface area contributed by atoms with Crippen molar-refractivity contribution in [3.8, 4) is 11.5 Å². The quantitative estimate of drug-likeness (QED) is 0.337. The Bertz CT molecular complexity index is 657. The Balaban J connectivity index is 1.76. The molecule has 0 spiro atoms. The zero-order chi connectivity index (χ0) is 20.9. The SMILES string of the molecule is CCNC(=NCCCc1ccc(OC)c(OCC)c1)NCCC(=O)N1CCCC1. The van der Waals surface area contributed by atoms with Crippen LogP contribution in [0, 0.1) is 0 Å². The Morgan fingerprint density at radius 1 is 1.17 bits per heavy atom. The van der Waals surface area contributed by atoms with Crippen LogP contribution in [0.4, 0.5) is 0 Å². The second-order valence-electron chi connectivity index (χ2n) is 7.05. The molecule has 1 heterocycles. The summed E-state index contributed by atoms with van der Waals surface area (Å²) in [7, 11) is 1.65. The monoisotopic (exact) mass is 404 g/mol. The summed E-state index contributed by atoms with van der Waals surface area (Å²) in [6, 6.07) is 6.06. The van der Waals surface area contributed by atoms with Gasteiger partial charge < -0.3 is 25.0 Å². The van der Waals surface area contributed by atoms with E-state index in [0.29, 0.717) is 26.1 Å². The fourth-order valence-corrected chi connectivity index (χ4v) is 3.37. The van der Waals surface area contributed by atoms with E-state index < -0.39 is 0 Å². The van der Waals surface area contributed by atoms with Crippen LogP contribution in [0.2, 0.25) is 0 Å². The highest BCUT2D eigenvalue weighted by molar-refractivity contribution is 5.81. The first-order valence-electron chi connectivity index (χ1n) is 10.8. The lowest BCUT2D eigenvalue weighted by atomic mass is 10.1. The van der Waals surface area contributed by atoms with Crippen molar-refractivity contribution in [1.29, 1.82) is 0 Å². The van der Waals surface area contributed by atoms with E-state index in [4.69, 9.17) is 9.47 Å². The molecule has 7 nitrogen and oxygen atoms in total. The number of aliphatic imine (C=N–C) groups is 1. The van der Waals surface area contributed by atoms with Gasteiger partial charge in [-0.05, 0) is 57.2 Å². The number of ether oxygens (including phenoxy) is 2. The van der Waals surface area contributed by atoms with Crippen LogP contribution < -0.4 is 20.1 Å². The Kier molecular flexibility index (Phi) is 10.2. The van der Waals surface area contributed by atoms with Crippen molar-refractivity contribution < 1.29 is 14.3 Å². The highest BCUT2D eigenvalue weighted by Gasteiger charge is 2.17. The van der Waals surface area contributed by atoms with Gasteiger partial charge in [0, 0.05) is 39.1 Å². The summed E-state index contributed by atoms with van der Waals surface area (Å²) in [5, 5.41) is 6.51. The molecule has 7 heteroatoms. The molecule has 29 heavy (non-hydrogen) atoms. The van der Waals surface area contributed by atoms with Gasteiger partial charge in [-0.15, -0.1) is 0 Å². The van der Waals surface area contributed by atoms with Gasteiger partial charge in [0.1, 0.15) is 0 Å². The molecule has 0 atom stereocenters. The fourth-order valence-electron chi connectivity index (χ4n) is 3.37. The molecule has 1 aromatic carbocycles. The van der Waals surface area contributed by atoms with Crippen molar-refractivity contribution in [3.05, 3.63) is 23.8 Å². The van der Waals surface area contributed by atoms with Gasteiger partial charge in [-0.2, -0.15) is 0 Å². The maximum atomic E-state index is 12.1. The number of guanidine groups is 1. The molecule has 1 saturated heterocycles. The molecule has 0 aliphatic carbocycles. The predicted molar refractivity (Wildman–Crippen MR) is 117 cm³/mol. The van der Waals surface area contributed by atoms with E-state index in [2.05, 4.69) is 21.7 Å². The number of nitrogens with one attached hydrogen (secondary N) is 2. The summed E-state index contributed by atoms with van der Waals surface area (Å²) in [6.07, 6.45) is 4.62. The summed E-state index contributed by atoms with van der Waals surface area (Å²) in [5.74, 6) is 2.55. The minimum Gasteiger partial charge on any atom is -0.493 e. The van der Waals surface area contributed by atoms with Gasteiger partial charge in [-0.25, -0.2) is 0 Å². The van der Waals surface area contributed by atoms with Crippen LogP contribution in [0.15, 0.2) is 23.2 Å². The first-order valence-corrected chi connectivity index (χ1v) is 10.8. The number of hydrogen-bond acceptors (Lipinski definition) is 4. The molecule has 0 bridgehead atoms. The molecule has 162 valence electrons. The van der Waals surface area contributed by atoms with Gasteiger partial charge in [-0.1, -0.05) is 6.07 Å². The predicted octanol–water partition coefficient (Wildman–Crippen LogP) is 2.59. The third-order valence-electron chi connectivity index (χ3n) is 4.86. The number of nitrogens with zero attached hydrogens (tertiary/aromatic N) is 2. The normalized spacial score (nSPS) is 14.0. The molecule has 1 amide bonds. The number of carbonyl (C=O) groups excluding carboxylic acids is 1. The number of carbonyl (C=O) groups is 1. The zero-order valence-electron chi connectivity index (χ0n) is 18.1. The molecule has 0 unspecified atom stereocenters.